The van der Waals surface area contributed by atoms with E-state index < -0.39 is 30.8 Å². The molecule has 0 atom stereocenters. The molecule has 0 bridgehead atoms. The second-order valence-electron chi connectivity index (χ2n) is 8.51. The Kier molecular flexibility index (Phi) is 17.0. The molecule has 18 nitrogen and oxygen atoms in total. The molecule has 260 valence electrons. The molecule has 0 fully saturated rings. The number of carboxylic acid groups (broad SMARTS) is 1. The summed E-state index contributed by atoms with van der Waals surface area (Å²) in [4.78, 5) is 21.3. The van der Waals surface area contributed by atoms with Gasteiger partial charge in [-0.05, 0) is 84.4 Å². The molecule has 6 rings (SSSR count). The highest BCUT2D eigenvalue weighted by atomic mass is 36.0. The van der Waals surface area contributed by atoms with Crippen molar-refractivity contribution in [3.05, 3.63) is 127 Å². The van der Waals surface area contributed by atoms with E-state index in [1.165, 1.54) is 12.1 Å². The first-order chi connectivity index (χ1) is 23.7. The molecule has 3 aromatic heterocycles. The Balaban J connectivity index is 0.000000232. The van der Waals surface area contributed by atoms with Crippen molar-refractivity contribution in [2.75, 3.05) is 0 Å². The number of rotatable bonds is 5. The van der Waals surface area contributed by atoms with Gasteiger partial charge in [-0.2, -0.15) is 13.7 Å². The third kappa shape index (κ3) is 16.1. The van der Waals surface area contributed by atoms with E-state index >= 15 is 0 Å². The molecule has 0 saturated heterocycles. The Morgan fingerprint density at radius 1 is 0.680 bits per heavy atom. The van der Waals surface area contributed by atoms with Gasteiger partial charge in [-0.3, -0.25) is 13.9 Å². The number of carboxylic acids is 1. The van der Waals surface area contributed by atoms with Crippen molar-refractivity contribution < 1.29 is 36.4 Å². The van der Waals surface area contributed by atoms with Gasteiger partial charge in [-0.1, -0.05) is 15.6 Å². The number of nitriles is 1. The molecule has 0 amide bonds. The van der Waals surface area contributed by atoms with E-state index in [1.807, 2.05) is 12.1 Å². The van der Waals surface area contributed by atoms with Gasteiger partial charge in [0, 0.05) is 26.9 Å². The monoisotopic (exact) mass is 782 g/mol. The van der Waals surface area contributed by atoms with Crippen LogP contribution in [0.3, 0.4) is 0 Å². The third-order valence-corrected chi connectivity index (χ3v) is 5.48. The number of hydrogen-bond donors (Lipinski definition) is 3. The lowest BCUT2D eigenvalue weighted by Crippen LogP contribution is -1.98. The Morgan fingerprint density at radius 2 is 0.980 bits per heavy atom. The van der Waals surface area contributed by atoms with Crippen LogP contribution in [0.2, 0.25) is 0 Å². The van der Waals surface area contributed by atoms with Crippen molar-refractivity contribution in [1.29, 1.82) is 5.26 Å². The van der Waals surface area contributed by atoms with Crippen LogP contribution in [0.25, 0.3) is 17.1 Å². The molecule has 0 aliphatic heterocycles. The number of benzene rings is 3. The largest absolute Gasteiger partial charge is 0.478 e. The van der Waals surface area contributed by atoms with Gasteiger partial charge in [0.15, 0.2) is 0 Å². The van der Waals surface area contributed by atoms with Gasteiger partial charge >= 0.3 is 16.4 Å². The van der Waals surface area contributed by atoms with Gasteiger partial charge in [0.1, 0.15) is 0 Å². The number of aromatic carboxylic acids is 1. The van der Waals surface area contributed by atoms with Crippen LogP contribution in [0.1, 0.15) is 26.3 Å². The van der Waals surface area contributed by atoms with E-state index in [1.54, 1.807) is 99.8 Å². The molecule has 3 heterocycles. The number of halogens is 3. The van der Waals surface area contributed by atoms with E-state index in [9.17, 15) is 9.59 Å². The van der Waals surface area contributed by atoms with Crippen molar-refractivity contribution in [1.82, 2.24) is 45.0 Å². The van der Waals surface area contributed by atoms with Crippen molar-refractivity contribution in [2.24, 2.45) is 0 Å². The minimum atomic E-state index is -4.67. The second-order valence-corrected chi connectivity index (χ2v) is 12.3. The van der Waals surface area contributed by atoms with E-state index in [0.717, 1.165) is 17.1 Å². The SMILES string of the molecule is N#Cc1ccc(-n2ccnn2)cc1.O=C(Cl)c1ccc(-n2ccnn2)cc1.O=C(O)c1ccc(-n2ccnn2)cc1.O=S(=O)(O)O.O=S(Cl)Cl. The highest BCUT2D eigenvalue weighted by molar-refractivity contribution is 8.26. The third-order valence-electron chi connectivity index (χ3n) is 5.27. The summed E-state index contributed by atoms with van der Waals surface area (Å²) in [6.07, 6.45) is 9.92. The number of aromatic nitrogens is 9. The molecule has 50 heavy (non-hydrogen) atoms. The van der Waals surface area contributed by atoms with Gasteiger partial charge in [-0.15, -0.1) is 15.3 Å². The minimum absolute atomic E-state index is 0.258. The van der Waals surface area contributed by atoms with Crippen LogP contribution in [0.15, 0.2) is 110 Å². The molecule has 0 radical (unpaired) electrons. The zero-order chi connectivity index (χ0) is 37.1. The highest BCUT2D eigenvalue weighted by Crippen LogP contribution is 2.10. The summed E-state index contributed by atoms with van der Waals surface area (Å²) in [5, 5.41) is 39.2. The number of nitrogens with zero attached hydrogens (tertiary/aromatic N) is 10. The summed E-state index contributed by atoms with van der Waals surface area (Å²) in [7, 11) is 2.69. The molecule has 0 aliphatic carbocycles. The maximum atomic E-state index is 10.8. The average molecular weight is 784 g/mol. The lowest BCUT2D eigenvalue weighted by atomic mass is 10.2. The first kappa shape index (κ1) is 40.8. The molecule has 3 aromatic carbocycles. The summed E-state index contributed by atoms with van der Waals surface area (Å²) in [5.74, 6) is -0.935. The molecule has 0 spiro atoms. The van der Waals surface area contributed by atoms with E-state index in [2.05, 4.69) is 58.4 Å². The summed E-state index contributed by atoms with van der Waals surface area (Å²) in [5.41, 5.74) is 3.89. The fraction of sp³-hybridized carbons (Fsp3) is 0. The van der Waals surface area contributed by atoms with E-state index in [-0.39, 0.29) is 5.56 Å². The fourth-order valence-corrected chi connectivity index (χ4v) is 3.35. The molecular weight excluding hydrogens is 763 g/mol. The molecular formula is C27H21Cl3N10O8S2. The second kappa shape index (κ2) is 20.9. The van der Waals surface area contributed by atoms with Crippen LogP contribution in [-0.4, -0.2) is 83.0 Å². The minimum Gasteiger partial charge on any atom is -0.478 e. The van der Waals surface area contributed by atoms with Crippen LogP contribution in [0.5, 0.6) is 0 Å². The Hall–Kier alpha value is -5.40. The van der Waals surface area contributed by atoms with Gasteiger partial charge in [-0.25, -0.2) is 23.0 Å². The van der Waals surface area contributed by atoms with Crippen LogP contribution < -0.4 is 0 Å². The lowest BCUT2D eigenvalue weighted by molar-refractivity contribution is 0.0696. The highest BCUT2D eigenvalue weighted by Gasteiger charge is 2.03. The first-order valence-corrected chi connectivity index (χ1v) is 17.4. The van der Waals surface area contributed by atoms with Crippen LogP contribution >= 0.6 is 33.0 Å². The quantitative estimate of drug-likeness (QED) is 0.164. The molecule has 6 aromatic rings. The summed E-state index contributed by atoms with van der Waals surface area (Å²) < 4.78 is 45.5. The van der Waals surface area contributed by atoms with E-state index in [4.69, 9.17) is 43.7 Å². The number of hydrogen-bond acceptors (Lipinski definition) is 12. The molecule has 0 unspecified atom stereocenters. The fourth-order valence-electron chi connectivity index (χ4n) is 3.23. The molecule has 23 heteroatoms. The Morgan fingerprint density at radius 3 is 1.22 bits per heavy atom. The number of carbonyl (C=O) groups is 2. The summed E-state index contributed by atoms with van der Waals surface area (Å²) in [6.45, 7) is 0. The van der Waals surface area contributed by atoms with Crippen molar-refractivity contribution in [3.8, 4) is 23.1 Å². The smallest absolute Gasteiger partial charge is 0.394 e. The van der Waals surface area contributed by atoms with Crippen LogP contribution in [0.4, 0.5) is 0 Å². The average Bonchev–Trinajstić information content (AvgIpc) is 3.89. The zero-order valence-corrected chi connectivity index (χ0v) is 28.6. The Labute approximate surface area is 299 Å². The predicted octanol–water partition coefficient (Wildman–Crippen LogP) is 4.14. The number of carbonyl (C=O) groups excluding carboxylic acids is 1. The van der Waals surface area contributed by atoms with Crippen LogP contribution in [-0.2, 0) is 19.6 Å². The predicted molar refractivity (Wildman–Crippen MR) is 180 cm³/mol. The van der Waals surface area contributed by atoms with Crippen molar-refractivity contribution in [2.45, 2.75) is 0 Å². The van der Waals surface area contributed by atoms with Gasteiger partial charge in [0.25, 0.3) is 5.24 Å². The topological polar surface area (TPSA) is 262 Å². The molecule has 0 aliphatic rings. The standard InChI is InChI=1S/C9H6ClN3O.C9H6N4.C9H7N3O2.Cl2OS.H2O4S/c10-9(14)7-1-3-8(4-2-7)13-6-5-11-12-13;10-7-8-1-3-9(4-2-8)13-6-5-11-12-13;13-9(14)7-1-3-8(4-2-7)12-6-5-10-11-12;1-4(2)3;1-5(2,3)4/h1-6H;1-6H;1-6H,(H,13,14);;(H2,1,2,3,4). The van der Waals surface area contributed by atoms with Gasteiger partial charge < -0.3 is 5.11 Å². The normalized spacial score (nSPS) is 9.94. The maximum Gasteiger partial charge on any atom is 0.394 e. The molecule has 0 saturated carbocycles. The van der Waals surface area contributed by atoms with E-state index in [0.29, 0.717) is 11.1 Å². The van der Waals surface area contributed by atoms with Gasteiger partial charge in [0.05, 0.1) is 71.4 Å². The summed E-state index contributed by atoms with van der Waals surface area (Å²) >= 11 is 5.31. The lowest BCUT2D eigenvalue weighted by Gasteiger charge is -1.99. The molecule has 3 N–H and O–H groups in total. The first-order valence-electron chi connectivity index (χ1n) is 12.9. The summed E-state index contributed by atoms with van der Waals surface area (Å²) in [6, 6.07) is 22.4. The van der Waals surface area contributed by atoms with Crippen molar-refractivity contribution >= 4 is 63.8 Å². The van der Waals surface area contributed by atoms with Crippen molar-refractivity contribution in [3.63, 3.8) is 0 Å². The van der Waals surface area contributed by atoms with Gasteiger partial charge in [0.2, 0.25) is 9.23 Å². The zero-order valence-electron chi connectivity index (χ0n) is 24.7. The van der Waals surface area contributed by atoms with Crippen LogP contribution in [0, 0.1) is 11.3 Å². The maximum absolute atomic E-state index is 10.8. The Bertz CT molecular complexity index is 1980.